The molecule has 0 aromatic carbocycles. The van der Waals surface area contributed by atoms with Crippen LogP contribution in [0.25, 0.3) is 0 Å². The summed E-state index contributed by atoms with van der Waals surface area (Å²) in [6.07, 6.45) is 0.298. The number of likely N-dealkylation sites (tertiary alicyclic amines) is 1. The van der Waals surface area contributed by atoms with E-state index in [1.807, 2.05) is 13.8 Å². The molecular weight excluding hydrogens is 380 g/mol. The highest BCUT2D eigenvalue weighted by Gasteiger charge is 2.48. The number of aliphatic hydroxyl groups excluding tert-OH is 3. The molecule has 2 heterocycles. The van der Waals surface area contributed by atoms with Gasteiger partial charge in [-0.3, -0.25) is 9.69 Å². The number of nitrogens with one attached hydrogen (secondary N) is 1. The lowest BCUT2D eigenvalue weighted by atomic mass is 9.86. The van der Waals surface area contributed by atoms with Crippen molar-refractivity contribution in [1.29, 1.82) is 0 Å². The molecule has 164 valence electrons. The molecule has 0 saturated carbocycles. The standard InChI is InChI=1S/C20H38N2O5S/c1-6-12-8-9-22(7-2)13(10-12)19(26)21-14(11(3)4)18-16(24)15(23)17(25)20(27-18)28-5/h11-18,20,23-25H,6-10H2,1-5H3,(H,21,26)/t12-,13+,14-,15+,16-,17-,18-,20-/m1/s1. The highest BCUT2D eigenvalue weighted by Crippen LogP contribution is 2.31. The van der Waals surface area contributed by atoms with Crippen LogP contribution < -0.4 is 5.32 Å². The van der Waals surface area contributed by atoms with E-state index in [1.54, 1.807) is 6.26 Å². The van der Waals surface area contributed by atoms with Crippen LogP contribution in [0.3, 0.4) is 0 Å². The fraction of sp³-hybridized carbons (Fsp3) is 0.950. The Morgan fingerprint density at radius 3 is 2.43 bits per heavy atom. The summed E-state index contributed by atoms with van der Waals surface area (Å²) < 4.78 is 5.91. The number of piperidine rings is 1. The van der Waals surface area contributed by atoms with Crippen LogP contribution in [0, 0.1) is 11.8 Å². The largest absolute Gasteiger partial charge is 0.388 e. The Kier molecular flexibility index (Phi) is 9.04. The highest BCUT2D eigenvalue weighted by molar-refractivity contribution is 7.99. The molecule has 0 radical (unpaired) electrons. The molecular formula is C20H38N2O5S. The molecule has 2 aliphatic rings. The Labute approximate surface area is 173 Å². The van der Waals surface area contributed by atoms with Crippen LogP contribution in [0.4, 0.5) is 0 Å². The molecule has 2 aliphatic heterocycles. The van der Waals surface area contributed by atoms with Crippen molar-refractivity contribution in [3.05, 3.63) is 0 Å². The summed E-state index contributed by atoms with van der Waals surface area (Å²) in [5, 5.41) is 34.0. The quantitative estimate of drug-likeness (QED) is 0.485. The minimum atomic E-state index is -1.30. The summed E-state index contributed by atoms with van der Waals surface area (Å²) in [4.78, 5) is 15.4. The van der Waals surface area contributed by atoms with Crippen LogP contribution in [-0.4, -0.2) is 87.4 Å². The molecule has 2 fully saturated rings. The summed E-state index contributed by atoms with van der Waals surface area (Å²) >= 11 is 1.28. The van der Waals surface area contributed by atoms with Gasteiger partial charge in [-0.15, -0.1) is 11.8 Å². The van der Waals surface area contributed by atoms with E-state index in [0.29, 0.717) is 5.92 Å². The van der Waals surface area contributed by atoms with Gasteiger partial charge < -0.3 is 25.4 Å². The highest BCUT2D eigenvalue weighted by atomic mass is 32.2. The predicted molar refractivity (Wildman–Crippen MR) is 111 cm³/mol. The predicted octanol–water partition coefficient (Wildman–Crippen LogP) is 0.808. The van der Waals surface area contributed by atoms with E-state index < -0.39 is 35.9 Å². The second-order valence-corrected chi connectivity index (χ2v) is 9.33. The fourth-order valence-electron chi connectivity index (χ4n) is 4.36. The number of carbonyl (C=O) groups excluding carboxylic acids is 1. The maximum absolute atomic E-state index is 13.2. The summed E-state index contributed by atoms with van der Waals surface area (Å²) in [5.74, 6) is 0.496. The van der Waals surface area contributed by atoms with Gasteiger partial charge in [0.1, 0.15) is 29.9 Å². The number of ether oxygens (including phenoxy) is 1. The molecule has 0 aromatic rings. The number of likely N-dealkylation sites (N-methyl/N-ethyl adjacent to an activating group) is 1. The molecule has 2 saturated heterocycles. The van der Waals surface area contributed by atoms with E-state index in [-0.39, 0.29) is 17.9 Å². The van der Waals surface area contributed by atoms with Gasteiger partial charge in [-0.2, -0.15) is 0 Å². The van der Waals surface area contributed by atoms with Gasteiger partial charge in [-0.05, 0) is 44.0 Å². The molecule has 0 bridgehead atoms. The lowest BCUT2D eigenvalue weighted by molar-refractivity contribution is -0.208. The molecule has 1 amide bonds. The number of rotatable bonds is 7. The summed E-state index contributed by atoms with van der Waals surface area (Å²) in [7, 11) is 0. The third kappa shape index (κ3) is 5.21. The van der Waals surface area contributed by atoms with Crippen molar-refractivity contribution < 1.29 is 24.9 Å². The average Bonchev–Trinajstić information content (AvgIpc) is 2.70. The third-order valence-electron chi connectivity index (χ3n) is 6.33. The molecule has 7 nitrogen and oxygen atoms in total. The minimum Gasteiger partial charge on any atom is -0.388 e. The zero-order chi connectivity index (χ0) is 21.0. The average molecular weight is 419 g/mol. The number of aliphatic hydroxyl groups is 3. The zero-order valence-electron chi connectivity index (χ0n) is 17.7. The van der Waals surface area contributed by atoms with Gasteiger partial charge in [0, 0.05) is 0 Å². The number of thioether (sulfide) groups is 1. The van der Waals surface area contributed by atoms with E-state index >= 15 is 0 Å². The number of amides is 1. The van der Waals surface area contributed by atoms with Gasteiger partial charge in [0.05, 0.1) is 12.1 Å². The number of hydrogen-bond donors (Lipinski definition) is 4. The molecule has 0 aliphatic carbocycles. The molecule has 8 atom stereocenters. The fourth-order valence-corrected chi connectivity index (χ4v) is 5.04. The van der Waals surface area contributed by atoms with Gasteiger partial charge in [0.2, 0.25) is 5.91 Å². The number of hydrogen-bond acceptors (Lipinski definition) is 7. The van der Waals surface area contributed by atoms with E-state index in [1.165, 1.54) is 11.8 Å². The topological polar surface area (TPSA) is 102 Å². The number of nitrogens with zero attached hydrogens (tertiary/aromatic N) is 1. The van der Waals surface area contributed by atoms with E-state index in [4.69, 9.17) is 4.74 Å². The second-order valence-electron chi connectivity index (χ2n) is 8.40. The van der Waals surface area contributed by atoms with Crippen molar-refractivity contribution in [2.75, 3.05) is 19.3 Å². The lowest BCUT2D eigenvalue weighted by Gasteiger charge is -2.45. The monoisotopic (exact) mass is 418 g/mol. The maximum atomic E-state index is 13.2. The van der Waals surface area contributed by atoms with E-state index in [9.17, 15) is 20.1 Å². The van der Waals surface area contributed by atoms with Crippen molar-refractivity contribution in [2.45, 2.75) is 88.9 Å². The molecule has 2 rings (SSSR count). The Hall–Kier alpha value is -0.380. The molecule has 8 heteroatoms. The molecule has 28 heavy (non-hydrogen) atoms. The lowest BCUT2D eigenvalue weighted by Crippen LogP contribution is -2.65. The van der Waals surface area contributed by atoms with Crippen LogP contribution in [0.2, 0.25) is 0 Å². The van der Waals surface area contributed by atoms with Gasteiger partial charge in [-0.25, -0.2) is 0 Å². The first-order chi connectivity index (χ1) is 13.2. The van der Waals surface area contributed by atoms with Crippen molar-refractivity contribution >= 4 is 17.7 Å². The van der Waals surface area contributed by atoms with Crippen LogP contribution in [0.15, 0.2) is 0 Å². The van der Waals surface area contributed by atoms with E-state index in [0.717, 1.165) is 32.4 Å². The first-order valence-corrected chi connectivity index (χ1v) is 11.8. The van der Waals surface area contributed by atoms with Crippen molar-refractivity contribution in [1.82, 2.24) is 10.2 Å². The Morgan fingerprint density at radius 2 is 1.89 bits per heavy atom. The van der Waals surface area contributed by atoms with Gasteiger partial charge >= 0.3 is 0 Å². The smallest absolute Gasteiger partial charge is 0.237 e. The summed E-state index contributed by atoms with van der Waals surface area (Å²) in [6, 6.07) is -0.641. The van der Waals surface area contributed by atoms with Gasteiger partial charge in [-0.1, -0.05) is 34.1 Å². The van der Waals surface area contributed by atoms with Crippen molar-refractivity contribution in [2.24, 2.45) is 11.8 Å². The van der Waals surface area contributed by atoms with Gasteiger partial charge in [0.25, 0.3) is 0 Å². The van der Waals surface area contributed by atoms with Crippen LogP contribution in [0.1, 0.15) is 47.0 Å². The van der Waals surface area contributed by atoms with Crippen LogP contribution >= 0.6 is 11.8 Å². The first-order valence-electron chi connectivity index (χ1n) is 10.5. The molecule has 0 unspecified atom stereocenters. The molecule has 0 spiro atoms. The normalized spacial score (nSPS) is 38.4. The van der Waals surface area contributed by atoms with Gasteiger partial charge in [0.15, 0.2) is 0 Å². The second kappa shape index (κ2) is 10.6. The minimum absolute atomic E-state index is 0.00538. The van der Waals surface area contributed by atoms with Crippen molar-refractivity contribution in [3.63, 3.8) is 0 Å². The van der Waals surface area contributed by atoms with Crippen molar-refractivity contribution in [3.8, 4) is 0 Å². The Morgan fingerprint density at radius 1 is 1.21 bits per heavy atom. The summed E-state index contributed by atoms with van der Waals surface area (Å²) in [6.45, 7) is 9.89. The third-order valence-corrected chi connectivity index (χ3v) is 7.18. The maximum Gasteiger partial charge on any atom is 0.237 e. The van der Waals surface area contributed by atoms with Crippen LogP contribution in [0.5, 0.6) is 0 Å². The Bertz CT molecular complexity index is 507. The SMILES string of the molecule is CC[C@@H]1CCN(CC)[C@H](C(=O)N[C@H](C(C)C)[C@H]2O[C@H](SC)[C@H](O)[C@@H](O)[C@H]2O)C1. The number of carbonyl (C=O) groups is 1. The Balaban J connectivity index is 2.15. The first kappa shape index (κ1) is 23.9. The zero-order valence-corrected chi connectivity index (χ0v) is 18.6. The summed E-state index contributed by atoms with van der Waals surface area (Å²) in [5.41, 5.74) is -0.646. The van der Waals surface area contributed by atoms with E-state index in [2.05, 4.69) is 24.1 Å². The van der Waals surface area contributed by atoms with Crippen LogP contribution in [-0.2, 0) is 9.53 Å². The molecule has 4 N–H and O–H groups in total. The molecule has 0 aromatic heterocycles.